The lowest BCUT2D eigenvalue weighted by molar-refractivity contribution is -0.143. The average Bonchev–Trinajstić information content (AvgIpc) is 3.25. The normalized spacial score (nSPS) is 16.5. The molecule has 2 unspecified atom stereocenters. The molecule has 1 saturated heterocycles. The van der Waals surface area contributed by atoms with Gasteiger partial charge in [0.2, 0.25) is 5.91 Å². The molecule has 0 bridgehead atoms. The fourth-order valence-electron chi connectivity index (χ4n) is 3.96. The topological polar surface area (TPSA) is 115 Å². The molecule has 9 nitrogen and oxygen atoms in total. The van der Waals surface area contributed by atoms with Gasteiger partial charge in [0, 0.05) is 44.7 Å². The maximum absolute atomic E-state index is 11.9. The van der Waals surface area contributed by atoms with Crippen LogP contribution in [0.1, 0.15) is 44.0 Å². The van der Waals surface area contributed by atoms with Crippen molar-refractivity contribution < 1.29 is 14.7 Å². The van der Waals surface area contributed by atoms with Crippen molar-refractivity contribution >= 4 is 17.6 Å². The Labute approximate surface area is 170 Å². The molecule has 0 spiro atoms. The number of nitrogens with zero attached hydrogens (tertiary/aromatic N) is 5. The molecular formula is C20H28N6O3. The van der Waals surface area contributed by atoms with E-state index < -0.39 is 11.9 Å². The molecule has 156 valence electrons. The molecule has 2 N–H and O–H groups in total. The van der Waals surface area contributed by atoms with Crippen molar-refractivity contribution in [2.45, 2.75) is 39.0 Å². The molecule has 3 rings (SSSR count). The number of nitrogens with one attached hydrogen (secondary N) is 1. The number of carboxylic acids is 1. The summed E-state index contributed by atoms with van der Waals surface area (Å²) in [6, 6.07) is 8.15. The first-order valence-electron chi connectivity index (χ1n) is 10.0. The Hall–Kier alpha value is -2.97. The molecule has 2 heterocycles. The number of tetrazole rings is 1. The van der Waals surface area contributed by atoms with Crippen LogP contribution >= 0.6 is 0 Å². The minimum Gasteiger partial charge on any atom is -0.481 e. The molecule has 1 aliphatic rings. The fraction of sp³-hybridized carbons (Fsp3) is 0.550. The molecule has 29 heavy (non-hydrogen) atoms. The monoisotopic (exact) mass is 400 g/mol. The van der Waals surface area contributed by atoms with Gasteiger partial charge in [0.15, 0.2) is 5.82 Å². The summed E-state index contributed by atoms with van der Waals surface area (Å²) in [5.41, 5.74) is 2.12. The summed E-state index contributed by atoms with van der Waals surface area (Å²) >= 11 is 0. The van der Waals surface area contributed by atoms with Crippen LogP contribution in [-0.4, -0.2) is 68.7 Å². The maximum atomic E-state index is 11.9. The van der Waals surface area contributed by atoms with E-state index in [9.17, 15) is 14.7 Å². The standard InChI is InChI=1S/C20H28N6O3/c1-3-5-17(20(28)29)18(19-21-23-24-22-19)13-15-6-4-7-16(12-15)26-10-8-25(9-11-26)14(2)27/h4,6-7,12,17-18H,3,5,8-11,13H2,1-2H3,(H,28,29)(H,21,22,23,24). The van der Waals surface area contributed by atoms with Crippen LogP contribution in [0.15, 0.2) is 24.3 Å². The third-order valence-electron chi connectivity index (χ3n) is 5.55. The summed E-state index contributed by atoms with van der Waals surface area (Å²) in [7, 11) is 0. The number of aromatic nitrogens is 4. The van der Waals surface area contributed by atoms with Crippen LogP contribution in [-0.2, 0) is 16.0 Å². The van der Waals surface area contributed by atoms with Crippen LogP contribution in [0.25, 0.3) is 0 Å². The first-order valence-corrected chi connectivity index (χ1v) is 10.0. The summed E-state index contributed by atoms with van der Waals surface area (Å²) in [6.07, 6.45) is 1.85. The predicted octanol–water partition coefficient (Wildman–Crippen LogP) is 1.70. The third-order valence-corrected chi connectivity index (χ3v) is 5.55. The average molecular weight is 400 g/mol. The van der Waals surface area contributed by atoms with Crippen molar-refractivity contribution in [1.82, 2.24) is 25.5 Å². The predicted molar refractivity (Wildman–Crippen MR) is 108 cm³/mol. The van der Waals surface area contributed by atoms with Crippen LogP contribution in [0.4, 0.5) is 5.69 Å². The van der Waals surface area contributed by atoms with E-state index in [0.29, 0.717) is 31.8 Å². The van der Waals surface area contributed by atoms with E-state index in [4.69, 9.17) is 0 Å². The zero-order valence-corrected chi connectivity index (χ0v) is 16.9. The molecule has 0 aliphatic carbocycles. The number of amides is 1. The van der Waals surface area contributed by atoms with Crippen molar-refractivity contribution in [1.29, 1.82) is 0 Å². The van der Waals surface area contributed by atoms with Gasteiger partial charge >= 0.3 is 5.97 Å². The molecule has 1 fully saturated rings. The van der Waals surface area contributed by atoms with Crippen molar-refractivity contribution in [3.05, 3.63) is 35.7 Å². The van der Waals surface area contributed by atoms with Crippen LogP contribution < -0.4 is 4.90 Å². The summed E-state index contributed by atoms with van der Waals surface area (Å²) in [6.45, 7) is 6.56. The van der Waals surface area contributed by atoms with Gasteiger partial charge in [0.05, 0.1) is 5.92 Å². The van der Waals surface area contributed by atoms with Gasteiger partial charge in [-0.15, -0.1) is 10.2 Å². The Morgan fingerprint density at radius 1 is 1.24 bits per heavy atom. The molecule has 0 saturated carbocycles. The lowest BCUT2D eigenvalue weighted by atomic mass is 9.83. The second-order valence-electron chi connectivity index (χ2n) is 7.48. The van der Waals surface area contributed by atoms with Crippen molar-refractivity contribution in [2.24, 2.45) is 5.92 Å². The van der Waals surface area contributed by atoms with Crippen molar-refractivity contribution in [3.63, 3.8) is 0 Å². The number of carboxylic acid groups (broad SMARTS) is 1. The highest BCUT2D eigenvalue weighted by Crippen LogP contribution is 2.31. The summed E-state index contributed by atoms with van der Waals surface area (Å²) in [5, 5.41) is 24.0. The number of hydrogen-bond acceptors (Lipinski definition) is 6. The largest absolute Gasteiger partial charge is 0.481 e. The van der Waals surface area contributed by atoms with Crippen molar-refractivity contribution in [3.8, 4) is 0 Å². The molecule has 1 amide bonds. The first kappa shape index (κ1) is 20.8. The van der Waals surface area contributed by atoms with Gasteiger partial charge in [0.1, 0.15) is 0 Å². The second-order valence-corrected chi connectivity index (χ2v) is 7.48. The van der Waals surface area contributed by atoms with E-state index in [1.807, 2.05) is 24.0 Å². The second kappa shape index (κ2) is 9.49. The van der Waals surface area contributed by atoms with E-state index in [2.05, 4.69) is 37.7 Å². The van der Waals surface area contributed by atoms with Gasteiger partial charge in [-0.05, 0) is 30.5 Å². The summed E-state index contributed by atoms with van der Waals surface area (Å²) in [4.78, 5) is 27.5. The Bertz CT molecular complexity index is 817. The van der Waals surface area contributed by atoms with E-state index in [1.165, 1.54) is 0 Å². The zero-order valence-electron chi connectivity index (χ0n) is 16.9. The number of piperazine rings is 1. The van der Waals surface area contributed by atoms with Gasteiger partial charge in [0.25, 0.3) is 0 Å². The SMILES string of the molecule is CCCC(C(=O)O)C(Cc1cccc(N2CCN(C(C)=O)CC2)c1)c1nn[nH]n1. The maximum Gasteiger partial charge on any atom is 0.307 e. The lowest BCUT2D eigenvalue weighted by Crippen LogP contribution is -2.48. The number of rotatable bonds is 8. The molecule has 2 aromatic rings. The first-order chi connectivity index (χ1) is 14.0. The number of carbonyl (C=O) groups excluding carboxylic acids is 1. The molecule has 9 heteroatoms. The van der Waals surface area contributed by atoms with Crippen LogP contribution in [0, 0.1) is 5.92 Å². The van der Waals surface area contributed by atoms with Crippen LogP contribution in [0.3, 0.4) is 0 Å². The van der Waals surface area contributed by atoms with E-state index >= 15 is 0 Å². The molecule has 1 aliphatic heterocycles. The number of benzene rings is 1. The molecule has 2 atom stereocenters. The Morgan fingerprint density at radius 2 is 2.00 bits per heavy atom. The summed E-state index contributed by atoms with van der Waals surface area (Å²) in [5.74, 6) is -1.21. The van der Waals surface area contributed by atoms with Gasteiger partial charge in [-0.2, -0.15) is 5.21 Å². The van der Waals surface area contributed by atoms with E-state index in [0.717, 1.165) is 30.8 Å². The number of anilines is 1. The molecular weight excluding hydrogens is 372 g/mol. The molecule has 1 aromatic heterocycles. The number of aliphatic carboxylic acids is 1. The quantitative estimate of drug-likeness (QED) is 0.693. The van der Waals surface area contributed by atoms with Gasteiger partial charge in [-0.3, -0.25) is 9.59 Å². The smallest absolute Gasteiger partial charge is 0.307 e. The summed E-state index contributed by atoms with van der Waals surface area (Å²) < 4.78 is 0. The van der Waals surface area contributed by atoms with Gasteiger partial charge in [-0.25, -0.2) is 0 Å². The number of hydrogen-bond donors (Lipinski definition) is 2. The van der Waals surface area contributed by atoms with E-state index in [1.54, 1.807) is 6.92 Å². The fourth-order valence-corrected chi connectivity index (χ4v) is 3.96. The van der Waals surface area contributed by atoms with Gasteiger partial charge < -0.3 is 14.9 Å². The number of aromatic amines is 1. The van der Waals surface area contributed by atoms with Crippen LogP contribution in [0.5, 0.6) is 0 Å². The zero-order chi connectivity index (χ0) is 20.8. The minimum atomic E-state index is -0.835. The molecule has 1 aromatic carbocycles. The minimum absolute atomic E-state index is 0.108. The number of carbonyl (C=O) groups is 2. The third kappa shape index (κ3) is 5.10. The van der Waals surface area contributed by atoms with Gasteiger partial charge in [-0.1, -0.05) is 30.7 Å². The highest BCUT2D eigenvalue weighted by Gasteiger charge is 2.32. The Kier molecular flexibility index (Phi) is 6.79. The van der Waals surface area contributed by atoms with E-state index in [-0.39, 0.29) is 11.8 Å². The Morgan fingerprint density at radius 3 is 2.59 bits per heavy atom. The number of H-pyrrole nitrogens is 1. The van der Waals surface area contributed by atoms with Crippen molar-refractivity contribution in [2.75, 3.05) is 31.1 Å². The highest BCUT2D eigenvalue weighted by molar-refractivity contribution is 5.73. The molecule has 0 radical (unpaired) electrons. The van der Waals surface area contributed by atoms with Crippen LogP contribution in [0.2, 0.25) is 0 Å². The lowest BCUT2D eigenvalue weighted by Gasteiger charge is -2.35. The highest BCUT2D eigenvalue weighted by atomic mass is 16.4. The Balaban J connectivity index is 1.78.